The normalized spacial score (nSPS) is 18.9. The Morgan fingerprint density at radius 1 is 0.698 bits per heavy atom. The fourth-order valence-electron chi connectivity index (χ4n) is 5.55. The summed E-state index contributed by atoms with van der Waals surface area (Å²) >= 11 is 0. The molecule has 1 aliphatic carbocycles. The van der Waals surface area contributed by atoms with E-state index in [0.29, 0.717) is 11.5 Å². The van der Waals surface area contributed by atoms with Gasteiger partial charge in [0.25, 0.3) is 0 Å². The van der Waals surface area contributed by atoms with Crippen LogP contribution >= 0.6 is 0 Å². The Kier molecular flexibility index (Phi) is 10.1. The van der Waals surface area contributed by atoms with Crippen LogP contribution < -0.4 is 4.74 Å². The number of esters is 1. The second-order valence-corrected chi connectivity index (χ2v) is 16.5. The van der Waals surface area contributed by atoms with Crippen LogP contribution in [0.2, 0.25) is 0 Å². The second kappa shape index (κ2) is 12.6. The molecule has 0 spiro atoms. The largest absolute Gasteiger partial charge is 0.507 e. The molecular weight excluding hydrogens is 532 g/mol. The minimum absolute atomic E-state index is 0.00147. The van der Waals surface area contributed by atoms with Gasteiger partial charge in [-0.1, -0.05) is 108 Å². The van der Waals surface area contributed by atoms with Gasteiger partial charge >= 0.3 is 5.97 Å². The summed E-state index contributed by atoms with van der Waals surface area (Å²) in [5.74, 6) is 0.557. The molecule has 2 aromatic carbocycles. The highest BCUT2D eigenvalue weighted by atomic mass is 16.5. The van der Waals surface area contributed by atoms with Crippen LogP contribution in [0.3, 0.4) is 0 Å². The van der Waals surface area contributed by atoms with Crippen molar-refractivity contribution in [1.82, 2.24) is 0 Å². The fourth-order valence-corrected chi connectivity index (χ4v) is 5.55. The minimum atomic E-state index is -0.337. The summed E-state index contributed by atoms with van der Waals surface area (Å²) < 4.78 is 5.85. The summed E-state index contributed by atoms with van der Waals surface area (Å²) in [6.07, 6.45) is 7.84. The Bertz CT molecular complexity index is 1370. The number of aliphatic imine (C=N–C) groups is 2. The first-order chi connectivity index (χ1) is 19.6. The van der Waals surface area contributed by atoms with Gasteiger partial charge in [-0.05, 0) is 57.8 Å². The Morgan fingerprint density at radius 3 is 1.53 bits per heavy atom. The fraction of sp³-hybridized carbons (Fsp3) is 0.605. The molecule has 5 nitrogen and oxygen atoms in total. The summed E-state index contributed by atoms with van der Waals surface area (Å²) in [4.78, 5) is 22.4. The zero-order valence-corrected chi connectivity index (χ0v) is 29.1. The van der Waals surface area contributed by atoms with E-state index in [2.05, 4.69) is 107 Å². The monoisotopic (exact) mass is 588 g/mol. The predicted octanol–water partition coefficient (Wildman–Crippen LogP) is 9.36. The minimum Gasteiger partial charge on any atom is -0.507 e. The van der Waals surface area contributed by atoms with Crippen LogP contribution in [0.5, 0.6) is 11.5 Å². The first-order valence-electron chi connectivity index (χ1n) is 15.9. The van der Waals surface area contributed by atoms with E-state index in [4.69, 9.17) is 14.7 Å². The van der Waals surface area contributed by atoms with Crippen molar-refractivity contribution >= 4 is 18.4 Å². The molecule has 0 aromatic heterocycles. The number of carbonyl (C=O) groups is 1. The maximum Gasteiger partial charge on any atom is 0.308 e. The molecule has 0 amide bonds. The van der Waals surface area contributed by atoms with Gasteiger partial charge in [-0.25, -0.2) is 0 Å². The molecule has 0 aliphatic heterocycles. The van der Waals surface area contributed by atoms with Crippen LogP contribution in [0.4, 0.5) is 0 Å². The van der Waals surface area contributed by atoms with Gasteiger partial charge in [-0.15, -0.1) is 0 Å². The smallest absolute Gasteiger partial charge is 0.308 e. The lowest BCUT2D eigenvalue weighted by atomic mass is 9.79. The summed E-state index contributed by atoms with van der Waals surface area (Å²) in [6.45, 7) is 27.4. The zero-order chi connectivity index (χ0) is 32.5. The molecular formula is C38H56N2O3. The van der Waals surface area contributed by atoms with Gasteiger partial charge in [0.15, 0.2) is 0 Å². The van der Waals surface area contributed by atoms with Crippen molar-refractivity contribution in [2.24, 2.45) is 9.98 Å². The SMILES string of the molecule is CC(=O)Oc1c(C=N[C@@H]2CCCC[C@H]2N=Cc2cc(C(C)(C)C)cc(C(C)(C)C)c2O)cc(C(C)(C)C)cc1C(C)(C)C. The number of hydrogen-bond donors (Lipinski definition) is 1. The Hall–Kier alpha value is -2.95. The van der Waals surface area contributed by atoms with Crippen molar-refractivity contribution in [3.8, 4) is 11.5 Å². The number of hydrogen-bond acceptors (Lipinski definition) is 5. The lowest BCUT2D eigenvalue weighted by Gasteiger charge is -2.29. The highest BCUT2D eigenvalue weighted by Gasteiger charge is 2.29. The molecule has 1 fully saturated rings. The average molecular weight is 589 g/mol. The first-order valence-corrected chi connectivity index (χ1v) is 15.9. The van der Waals surface area contributed by atoms with Gasteiger partial charge < -0.3 is 9.84 Å². The number of carbonyl (C=O) groups excluding carboxylic acids is 1. The number of aromatic hydroxyl groups is 1. The summed E-state index contributed by atoms with van der Waals surface area (Å²) in [5.41, 5.74) is 5.33. The van der Waals surface area contributed by atoms with E-state index in [1.54, 1.807) is 0 Å². The van der Waals surface area contributed by atoms with Crippen molar-refractivity contribution < 1.29 is 14.6 Å². The van der Waals surface area contributed by atoms with Crippen molar-refractivity contribution in [2.75, 3.05) is 0 Å². The summed E-state index contributed by atoms with van der Waals surface area (Å²) in [6, 6.07) is 8.51. The van der Waals surface area contributed by atoms with Crippen molar-refractivity contribution in [1.29, 1.82) is 0 Å². The number of phenols is 1. The summed E-state index contributed by atoms with van der Waals surface area (Å²) in [5, 5.41) is 11.3. The second-order valence-electron chi connectivity index (χ2n) is 16.5. The summed E-state index contributed by atoms with van der Waals surface area (Å²) in [7, 11) is 0. The Balaban J connectivity index is 2.07. The van der Waals surface area contributed by atoms with E-state index in [9.17, 15) is 9.90 Å². The van der Waals surface area contributed by atoms with Crippen molar-refractivity contribution in [3.63, 3.8) is 0 Å². The third-order valence-corrected chi connectivity index (χ3v) is 8.36. The standard InChI is InChI=1S/C38H56N2O3/c1-24(41)43-34-26(19-28(36(5,6)7)21-30(34)38(11,12)13)23-40-32-17-15-14-16-31(32)39-22-25-18-27(35(2,3)4)20-29(33(25)42)37(8,9)10/h18-23,31-32,42H,14-17H2,1-13H3/t31-,32-/m1/s1. The van der Waals surface area contributed by atoms with Crippen LogP contribution in [0.25, 0.3) is 0 Å². The van der Waals surface area contributed by atoms with Gasteiger partial charge in [-0.3, -0.25) is 14.8 Å². The number of ether oxygens (including phenoxy) is 1. The van der Waals surface area contributed by atoms with Crippen LogP contribution in [-0.2, 0) is 26.5 Å². The number of rotatable bonds is 5. The van der Waals surface area contributed by atoms with Gasteiger partial charge in [0.05, 0.1) is 12.1 Å². The third-order valence-electron chi connectivity index (χ3n) is 8.36. The molecule has 1 saturated carbocycles. The number of phenolic OH excluding ortho intramolecular Hbond substituents is 1. The first kappa shape index (κ1) is 34.5. The number of nitrogens with zero attached hydrogens (tertiary/aromatic N) is 2. The van der Waals surface area contributed by atoms with Crippen LogP contribution in [-0.4, -0.2) is 35.6 Å². The van der Waals surface area contributed by atoms with Crippen LogP contribution in [0.15, 0.2) is 34.3 Å². The van der Waals surface area contributed by atoms with E-state index in [-0.39, 0.29) is 39.7 Å². The highest BCUT2D eigenvalue weighted by Crippen LogP contribution is 2.39. The lowest BCUT2D eigenvalue weighted by molar-refractivity contribution is -0.131. The van der Waals surface area contributed by atoms with E-state index in [0.717, 1.165) is 47.9 Å². The molecule has 2 aromatic rings. The van der Waals surface area contributed by atoms with Crippen LogP contribution in [0, 0.1) is 0 Å². The van der Waals surface area contributed by atoms with Crippen molar-refractivity contribution in [2.45, 2.75) is 149 Å². The van der Waals surface area contributed by atoms with E-state index < -0.39 is 0 Å². The van der Waals surface area contributed by atoms with E-state index in [1.807, 2.05) is 12.4 Å². The molecule has 0 bridgehead atoms. The predicted molar refractivity (Wildman–Crippen MR) is 182 cm³/mol. The maximum absolute atomic E-state index is 12.2. The highest BCUT2D eigenvalue weighted by molar-refractivity contribution is 5.88. The van der Waals surface area contributed by atoms with Crippen molar-refractivity contribution in [3.05, 3.63) is 57.6 Å². The lowest BCUT2D eigenvalue weighted by Crippen LogP contribution is -2.27. The molecule has 236 valence electrons. The van der Waals surface area contributed by atoms with Gasteiger partial charge in [0, 0.05) is 41.6 Å². The van der Waals surface area contributed by atoms with E-state index >= 15 is 0 Å². The zero-order valence-electron chi connectivity index (χ0n) is 29.1. The average Bonchev–Trinajstić information content (AvgIpc) is 2.84. The molecule has 5 heteroatoms. The van der Waals surface area contributed by atoms with Crippen LogP contribution in [0.1, 0.15) is 149 Å². The van der Waals surface area contributed by atoms with E-state index in [1.165, 1.54) is 18.1 Å². The third kappa shape index (κ3) is 8.80. The molecule has 3 rings (SSSR count). The molecule has 1 N–H and O–H groups in total. The molecule has 0 radical (unpaired) electrons. The topological polar surface area (TPSA) is 71.2 Å². The van der Waals surface area contributed by atoms with Gasteiger partial charge in [0.1, 0.15) is 11.5 Å². The number of benzene rings is 2. The molecule has 2 atom stereocenters. The molecule has 43 heavy (non-hydrogen) atoms. The molecule has 1 aliphatic rings. The quantitative estimate of drug-likeness (QED) is 0.215. The Labute approximate surface area is 261 Å². The molecule has 0 saturated heterocycles. The maximum atomic E-state index is 12.2. The molecule has 0 unspecified atom stereocenters. The Morgan fingerprint density at radius 2 is 1.12 bits per heavy atom. The molecule has 0 heterocycles. The van der Waals surface area contributed by atoms with Gasteiger partial charge in [0.2, 0.25) is 0 Å². The van der Waals surface area contributed by atoms with Gasteiger partial charge in [-0.2, -0.15) is 0 Å².